The van der Waals surface area contributed by atoms with Crippen molar-refractivity contribution < 1.29 is 18.7 Å². The number of para-hydroxylation sites is 1. The van der Waals surface area contributed by atoms with Crippen LogP contribution in [0.5, 0.6) is 0 Å². The highest BCUT2D eigenvalue weighted by Crippen LogP contribution is 2.33. The number of hydrogen-bond acceptors (Lipinski definition) is 4. The highest BCUT2D eigenvalue weighted by molar-refractivity contribution is 7.21. The van der Waals surface area contributed by atoms with Gasteiger partial charge in [-0.15, -0.1) is 11.3 Å². The zero-order valence-corrected chi connectivity index (χ0v) is 14.6. The number of nitrogens with zero attached hydrogens (tertiary/aromatic N) is 1. The van der Waals surface area contributed by atoms with Crippen molar-refractivity contribution in [1.82, 2.24) is 0 Å². The zero-order chi connectivity index (χ0) is 18.0. The molecule has 0 saturated heterocycles. The molecule has 2 aromatic carbocycles. The number of halogens is 1. The number of aryl methyl sites for hydroxylation is 1. The number of benzene rings is 2. The molecule has 1 amide bonds. The molecular weight excluding hydrogens is 341 g/mol. The summed E-state index contributed by atoms with van der Waals surface area (Å²) in [7, 11) is 1.62. The number of likely N-dealkylation sites (N-methyl/N-ethyl adjacent to an activating group) is 1. The lowest BCUT2D eigenvalue weighted by molar-refractivity contribution is -0.121. The number of anilines is 1. The van der Waals surface area contributed by atoms with E-state index in [1.807, 2.05) is 18.2 Å². The number of hydrogen-bond donors (Lipinski definition) is 0. The maximum Gasteiger partial charge on any atom is 0.349 e. The van der Waals surface area contributed by atoms with Gasteiger partial charge >= 0.3 is 5.97 Å². The number of carbonyl (C=O) groups excluding carboxylic acids is 2. The summed E-state index contributed by atoms with van der Waals surface area (Å²) in [4.78, 5) is 26.2. The lowest BCUT2D eigenvalue weighted by Gasteiger charge is -2.16. The van der Waals surface area contributed by atoms with Gasteiger partial charge in [0.05, 0.1) is 0 Å². The smallest absolute Gasteiger partial charge is 0.349 e. The van der Waals surface area contributed by atoms with Crippen LogP contribution < -0.4 is 4.90 Å². The summed E-state index contributed by atoms with van der Waals surface area (Å²) >= 11 is 1.16. The molecule has 1 aromatic heterocycles. The topological polar surface area (TPSA) is 46.6 Å². The lowest BCUT2D eigenvalue weighted by Crippen LogP contribution is -2.31. The van der Waals surface area contributed by atoms with Crippen molar-refractivity contribution in [2.75, 3.05) is 18.6 Å². The van der Waals surface area contributed by atoms with Gasteiger partial charge in [-0.3, -0.25) is 4.79 Å². The third-order valence-electron chi connectivity index (χ3n) is 3.93. The van der Waals surface area contributed by atoms with E-state index in [1.54, 1.807) is 38.2 Å². The van der Waals surface area contributed by atoms with E-state index < -0.39 is 5.97 Å². The van der Waals surface area contributed by atoms with Crippen molar-refractivity contribution in [3.05, 3.63) is 64.8 Å². The van der Waals surface area contributed by atoms with Gasteiger partial charge in [-0.1, -0.05) is 24.3 Å². The molecule has 0 N–H and O–H groups in total. The van der Waals surface area contributed by atoms with Crippen LogP contribution in [0, 0.1) is 12.7 Å². The Morgan fingerprint density at radius 2 is 1.84 bits per heavy atom. The fourth-order valence-electron chi connectivity index (χ4n) is 2.53. The van der Waals surface area contributed by atoms with Crippen molar-refractivity contribution in [2.24, 2.45) is 0 Å². The first-order valence-corrected chi connectivity index (χ1v) is 8.47. The van der Waals surface area contributed by atoms with Gasteiger partial charge in [-0.05, 0) is 36.8 Å². The largest absolute Gasteiger partial charge is 0.451 e. The molecule has 1 heterocycles. The van der Waals surface area contributed by atoms with E-state index in [9.17, 15) is 14.0 Å². The Morgan fingerprint density at radius 3 is 2.52 bits per heavy atom. The van der Waals surface area contributed by atoms with Crippen LogP contribution in [0.4, 0.5) is 10.1 Å². The summed E-state index contributed by atoms with van der Waals surface area (Å²) in [5, 5.41) is 0.423. The van der Waals surface area contributed by atoms with Crippen LogP contribution in [-0.2, 0) is 9.53 Å². The van der Waals surface area contributed by atoms with Gasteiger partial charge in [0.15, 0.2) is 6.61 Å². The minimum absolute atomic E-state index is 0.315. The maximum absolute atomic E-state index is 13.9. The molecule has 0 aliphatic rings. The second-order valence-electron chi connectivity index (χ2n) is 5.53. The molecule has 128 valence electrons. The van der Waals surface area contributed by atoms with Crippen molar-refractivity contribution in [1.29, 1.82) is 0 Å². The van der Waals surface area contributed by atoms with Gasteiger partial charge in [-0.2, -0.15) is 0 Å². The van der Waals surface area contributed by atoms with Crippen molar-refractivity contribution in [2.45, 2.75) is 6.92 Å². The molecular formula is C19H16FNO3S. The summed E-state index contributed by atoms with van der Waals surface area (Å²) < 4.78 is 19.7. The first-order chi connectivity index (χ1) is 12.0. The Labute approximate surface area is 148 Å². The molecule has 0 unspecified atom stereocenters. The first-order valence-electron chi connectivity index (χ1n) is 7.65. The Morgan fingerprint density at radius 1 is 1.12 bits per heavy atom. The molecule has 0 radical (unpaired) electrons. The Bertz CT molecular complexity index is 936. The van der Waals surface area contributed by atoms with Gasteiger partial charge < -0.3 is 9.64 Å². The molecule has 0 bridgehead atoms. The molecule has 0 aliphatic heterocycles. The number of carbonyl (C=O) groups is 2. The zero-order valence-electron chi connectivity index (χ0n) is 13.8. The van der Waals surface area contributed by atoms with E-state index in [-0.39, 0.29) is 18.3 Å². The Balaban J connectivity index is 1.72. The number of ether oxygens (including phenoxy) is 1. The van der Waals surface area contributed by atoms with Gasteiger partial charge in [-0.25, -0.2) is 9.18 Å². The van der Waals surface area contributed by atoms with Gasteiger partial charge in [0.2, 0.25) is 0 Å². The quantitative estimate of drug-likeness (QED) is 0.659. The first kappa shape index (κ1) is 17.1. The van der Waals surface area contributed by atoms with Crippen LogP contribution in [-0.4, -0.2) is 25.5 Å². The predicted molar refractivity (Wildman–Crippen MR) is 96.7 cm³/mol. The fraction of sp³-hybridized carbons (Fsp3) is 0.158. The third-order valence-corrected chi connectivity index (χ3v) is 5.17. The molecule has 0 fully saturated rings. The van der Waals surface area contributed by atoms with E-state index in [0.717, 1.165) is 11.3 Å². The minimum atomic E-state index is -0.618. The predicted octanol–water partition coefficient (Wildman–Crippen LogP) is 4.17. The molecule has 3 rings (SSSR count). The van der Waals surface area contributed by atoms with E-state index in [0.29, 0.717) is 26.2 Å². The highest BCUT2D eigenvalue weighted by Gasteiger charge is 2.20. The number of fused-ring (bicyclic) bond motifs is 1. The van der Waals surface area contributed by atoms with E-state index in [4.69, 9.17) is 4.74 Å². The van der Waals surface area contributed by atoms with E-state index in [1.165, 1.54) is 11.0 Å². The number of rotatable bonds is 4. The van der Waals surface area contributed by atoms with Gasteiger partial charge in [0.1, 0.15) is 10.7 Å². The van der Waals surface area contributed by atoms with Gasteiger partial charge in [0, 0.05) is 22.8 Å². The fourth-order valence-corrected chi connectivity index (χ4v) is 3.65. The second-order valence-corrected chi connectivity index (χ2v) is 6.59. The molecule has 0 saturated carbocycles. The van der Waals surface area contributed by atoms with Crippen molar-refractivity contribution in [3.8, 4) is 0 Å². The van der Waals surface area contributed by atoms with Crippen LogP contribution in [0.25, 0.3) is 10.1 Å². The number of esters is 1. The van der Waals surface area contributed by atoms with Crippen LogP contribution in [0.15, 0.2) is 48.5 Å². The molecule has 0 atom stereocenters. The maximum atomic E-state index is 13.9. The number of amides is 1. The Hall–Kier alpha value is -2.73. The third kappa shape index (κ3) is 3.39. The van der Waals surface area contributed by atoms with Gasteiger partial charge in [0.25, 0.3) is 5.91 Å². The van der Waals surface area contributed by atoms with Crippen LogP contribution >= 0.6 is 11.3 Å². The molecule has 0 spiro atoms. The summed E-state index contributed by atoms with van der Waals surface area (Å²) in [6.07, 6.45) is 0. The van der Waals surface area contributed by atoms with Crippen molar-refractivity contribution >= 4 is 39.0 Å². The van der Waals surface area contributed by atoms with Crippen molar-refractivity contribution in [3.63, 3.8) is 0 Å². The molecule has 3 aromatic rings. The summed E-state index contributed by atoms with van der Waals surface area (Å²) in [5.74, 6) is -1.33. The van der Waals surface area contributed by atoms with E-state index >= 15 is 0 Å². The Kier molecular flexibility index (Phi) is 4.81. The average molecular weight is 357 g/mol. The molecule has 6 heteroatoms. The van der Waals surface area contributed by atoms with Crippen LogP contribution in [0.1, 0.15) is 15.2 Å². The SMILES string of the molecule is Cc1c(C(=O)OCC(=O)N(C)c2ccccc2)sc2cccc(F)c12. The highest BCUT2D eigenvalue weighted by atomic mass is 32.1. The minimum Gasteiger partial charge on any atom is -0.451 e. The monoisotopic (exact) mass is 357 g/mol. The second kappa shape index (κ2) is 7.03. The summed E-state index contributed by atoms with van der Waals surface area (Å²) in [6, 6.07) is 13.8. The van der Waals surface area contributed by atoms with Crippen LogP contribution in [0.3, 0.4) is 0 Å². The summed E-state index contributed by atoms with van der Waals surface area (Å²) in [6.45, 7) is 1.30. The normalized spacial score (nSPS) is 10.7. The van der Waals surface area contributed by atoms with Crippen LogP contribution in [0.2, 0.25) is 0 Å². The molecule has 0 aliphatic carbocycles. The lowest BCUT2D eigenvalue weighted by atomic mass is 10.1. The average Bonchev–Trinajstić information content (AvgIpc) is 2.97. The molecule has 4 nitrogen and oxygen atoms in total. The standard InChI is InChI=1S/C19H16FNO3S/c1-12-17-14(20)9-6-10-15(17)25-18(12)19(23)24-11-16(22)21(2)13-7-4-3-5-8-13/h3-10H,11H2,1-2H3. The number of thiophene rings is 1. The summed E-state index contributed by atoms with van der Waals surface area (Å²) in [5.41, 5.74) is 1.25. The molecule has 25 heavy (non-hydrogen) atoms. The van der Waals surface area contributed by atoms with E-state index in [2.05, 4.69) is 0 Å².